The first-order valence-corrected chi connectivity index (χ1v) is 8.95. The zero-order valence-corrected chi connectivity index (χ0v) is 14.2. The smallest absolute Gasteiger partial charge is 0.251 e. The van der Waals surface area contributed by atoms with Crippen molar-refractivity contribution in [3.63, 3.8) is 0 Å². The van der Waals surface area contributed by atoms with E-state index in [1.807, 2.05) is 6.07 Å². The van der Waals surface area contributed by atoms with E-state index in [0.29, 0.717) is 12.1 Å². The van der Waals surface area contributed by atoms with Crippen LogP contribution in [0.3, 0.4) is 0 Å². The molecule has 1 aliphatic carbocycles. The number of hydrogen-bond acceptors (Lipinski definition) is 3. The van der Waals surface area contributed by atoms with Gasteiger partial charge in [-0.2, -0.15) is 0 Å². The van der Waals surface area contributed by atoms with Crippen molar-refractivity contribution < 1.29 is 4.79 Å². The second-order valence-corrected chi connectivity index (χ2v) is 6.18. The van der Waals surface area contributed by atoms with Gasteiger partial charge < -0.3 is 10.6 Å². The van der Waals surface area contributed by atoms with Crippen molar-refractivity contribution in [1.29, 1.82) is 0 Å². The highest BCUT2D eigenvalue weighted by Crippen LogP contribution is 2.19. The molecule has 0 aromatic carbocycles. The zero-order valence-electron chi connectivity index (χ0n) is 14.2. The first-order chi connectivity index (χ1) is 11.3. The molecule has 0 atom stereocenters. The van der Waals surface area contributed by atoms with Crippen LogP contribution < -0.4 is 10.6 Å². The molecule has 0 unspecified atom stereocenters. The average Bonchev–Trinajstić information content (AvgIpc) is 2.60. The number of amides is 1. The number of hydrogen-bond donors (Lipinski definition) is 2. The monoisotopic (exact) mass is 315 g/mol. The van der Waals surface area contributed by atoms with E-state index in [1.54, 1.807) is 12.3 Å². The van der Waals surface area contributed by atoms with Crippen molar-refractivity contribution in [3.05, 3.63) is 35.5 Å². The molecule has 1 aromatic heterocycles. The molecule has 2 N–H and O–H groups in total. The summed E-state index contributed by atoms with van der Waals surface area (Å²) in [5.74, 6) is 0.768. The molecule has 4 nitrogen and oxygen atoms in total. The minimum atomic E-state index is -0.0135. The van der Waals surface area contributed by atoms with Gasteiger partial charge in [-0.1, -0.05) is 31.4 Å². The minimum absolute atomic E-state index is 0.0135. The predicted molar refractivity (Wildman–Crippen MR) is 95.8 cm³/mol. The van der Waals surface area contributed by atoms with E-state index in [1.165, 1.54) is 44.1 Å². The van der Waals surface area contributed by atoms with Crippen molar-refractivity contribution in [2.24, 2.45) is 0 Å². The third kappa shape index (κ3) is 6.43. The topological polar surface area (TPSA) is 54.0 Å². The predicted octanol–water partition coefficient (Wildman–Crippen LogP) is 4.30. The van der Waals surface area contributed by atoms with Gasteiger partial charge in [0.05, 0.1) is 0 Å². The molecule has 0 saturated heterocycles. The Kier molecular flexibility index (Phi) is 7.64. The molecule has 4 heteroatoms. The summed E-state index contributed by atoms with van der Waals surface area (Å²) in [5.41, 5.74) is 2.17. The Bertz CT molecular complexity index is 525. The van der Waals surface area contributed by atoms with Gasteiger partial charge in [0.15, 0.2) is 0 Å². The first kappa shape index (κ1) is 17.5. The van der Waals surface area contributed by atoms with Gasteiger partial charge in [0.2, 0.25) is 0 Å². The Morgan fingerprint density at radius 1 is 1.26 bits per heavy atom. The molecule has 1 heterocycles. The van der Waals surface area contributed by atoms with E-state index in [2.05, 4.69) is 28.6 Å². The molecule has 0 radical (unpaired) electrons. The van der Waals surface area contributed by atoms with Gasteiger partial charge in [0, 0.05) is 24.8 Å². The number of aromatic nitrogens is 1. The Labute approximate surface area is 139 Å². The minimum Gasteiger partial charge on any atom is -0.370 e. The summed E-state index contributed by atoms with van der Waals surface area (Å²) in [5, 5.41) is 6.30. The molecule has 0 spiro atoms. The van der Waals surface area contributed by atoms with E-state index in [9.17, 15) is 4.79 Å². The molecule has 0 aliphatic heterocycles. The van der Waals surface area contributed by atoms with Crippen molar-refractivity contribution >= 4 is 11.7 Å². The lowest BCUT2D eigenvalue weighted by molar-refractivity contribution is 0.0954. The molecule has 0 fully saturated rings. The number of rotatable bonds is 9. The molecule has 0 bridgehead atoms. The van der Waals surface area contributed by atoms with Crippen LogP contribution in [0.2, 0.25) is 0 Å². The molecular weight excluding hydrogens is 286 g/mol. The van der Waals surface area contributed by atoms with Gasteiger partial charge >= 0.3 is 0 Å². The third-order valence-corrected chi connectivity index (χ3v) is 4.23. The number of nitrogens with zero attached hydrogens (tertiary/aromatic N) is 1. The largest absolute Gasteiger partial charge is 0.370 e. The fraction of sp³-hybridized carbons (Fsp3) is 0.579. The standard InChI is InChI=1S/C19H29N3O/c1-2-3-7-12-20-18-15-17(11-14-21-18)19(23)22-13-10-16-8-5-4-6-9-16/h8,11,14-15H,2-7,9-10,12-13H2,1H3,(H,20,21)(H,22,23). The van der Waals surface area contributed by atoms with Crippen LogP contribution in [0.5, 0.6) is 0 Å². The van der Waals surface area contributed by atoms with Gasteiger partial charge in [-0.25, -0.2) is 4.98 Å². The summed E-state index contributed by atoms with van der Waals surface area (Å²) in [7, 11) is 0. The fourth-order valence-corrected chi connectivity index (χ4v) is 2.83. The van der Waals surface area contributed by atoms with E-state index < -0.39 is 0 Å². The summed E-state index contributed by atoms with van der Waals surface area (Å²) in [6.45, 7) is 3.80. The van der Waals surface area contributed by atoms with Crippen LogP contribution in [-0.2, 0) is 0 Å². The highest BCUT2D eigenvalue weighted by molar-refractivity contribution is 5.94. The maximum atomic E-state index is 12.2. The molecule has 126 valence electrons. The normalized spacial score (nSPS) is 14.2. The van der Waals surface area contributed by atoms with Crippen LogP contribution in [0.4, 0.5) is 5.82 Å². The number of carbonyl (C=O) groups is 1. The number of allylic oxidation sites excluding steroid dienone is 1. The van der Waals surface area contributed by atoms with Crippen molar-refractivity contribution in [2.45, 2.75) is 58.3 Å². The molecular formula is C19H29N3O. The Hall–Kier alpha value is -1.84. The van der Waals surface area contributed by atoms with Gasteiger partial charge in [0.1, 0.15) is 5.82 Å². The van der Waals surface area contributed by atoms with Crippen LogP contribution in [0.15, 0.2) is 30.0 Å². The maximum absolute atomic E-state index is 12.2. The van der Waals surface area contributed by atoms with E-state index in [0.717, 1.165) is 25.2 Å². The number of anilines is 1. The van der Waals surface area contributed by atoms with Crippen LogP contribution >= 0.6 is 0 Å². The Morgan fingerprint density at radius 3 is 2.96 bits per heavy atom. The second kappa shape index (κ2) is 10.0. The van der Waals surface area contributed by atoms with Crippen LogP contribution in [0.1, 0.15) is 68.6 Å². The Morgan fingerprint density at radius 2 is 2.17 bits per heavy atom. The lowest BCUT2D eigenvalue weighted by atomic mass is 9.97. The van der Waals surface area contributed by atoms with E-state index >= 15 is 0 Å². The maximum Gasteiger partial charge on any atom is 0.251 e. The van der Waals surface area contributed by atoms with Crippen LogP contribution in [-0.4, -0.2) is 24.0 Å². The van der Waals surface area contributed by atoms with E-state index in [-0.39, 0.29) is 5.91 Å². The highest BCUT2D eigenvalue weighted by Gasteiger charge is 2.08. The van der Waals surface area contributed by atoms with Crippen molar-refractivity contribution in [1.82, 2.24) is 10.3 Å². The summed E-state index contributed by atoms with van der Waals surface area (Å²) < 4.78 is 0. The highest BCUT2D eigenvalue weighted by atomic mass is 16.1. The zero-order chi connectivity index (χ0) is 16.3. The molecule has 0 saturated carbocycles. The van der Waals surface area contributed by atoms with Gasteiger partial charge in [-0.15, -0.1) is 0 Å². The number of unbranched alkanes of at least 4 members (excludes halogenated alkanes) is 2. The summed E-state index contributed by atoms with van der Waals surface area (Å²) >= 11 is 0. The SMILES string of the molecule is CCCCCNc1cc(C(=O)NCCC2=CCCCC2)ccn1. The molecule has 1 amide bonds. The lowest BCUT2D eigenvalue weighted by Crippen LogP contribution is -2.25. The third-order valence-electron chi connectivity index (χ3n) is 4.23. The molecule has 1 aliphatic rings. The van der Waals surface area contributed by atoms with Gasteiger partial charge in [-0.3, -0.25) is 4.79 Å². The fourth-order valence-electron chi connectivity index (χ4n) is 2.83. The van der Waals surface area contributed by atoms with Crippen LogP contribution in [0.25, 0.3) is 0 Å². The second-order valence-electron chi connectivity index (χ2n) is 6.18. The van der Waals surface area contributed by atoms with E-state index in [4.69, 9.17) is 0 Å². The molecule has 23 heavy (non-hydrogen) atoms. The summed E-state index contributed by atoms with van der Waals surface area (Å²) in [6.07, 6.45) is 13.5. The van der Waals surface area contributed by atoms with Crippen molar-refractivity contribution in [3.8, 4) is 0 Å². The average molecular weight is 315 g/mol. The lowest BCUT2D eigenvalue weighted by Gasteiger charge is -2.13. The summed E-state index contributed by atoms with van der Waals surface area (Å²) in [4.78, 5) is 16.5. The quantitative estimate of drug-likeness (QED) is 0.527. The van der Waals surface area contributed by atoms with Crippen LogP contribution in [0, 0.1) is 0 Å². The van der Waals surface area contributed by atoms with Crippen molar-refractivity contribution in [2.75, 3.05) is 18.4 Å². The Balaban J connectivity index is 1.76. The molecule has 1 aromatic rings. The first-order valence-electron chi connectivity index (χ1n) is 8.95. The number of pyridine rings is 1. The number of nitrogens with one attached hydrogen (secondary N) is 2. The molecule has 2 rings (SSSR count). The van der Waals surface area contributed by atoms with Gasteiger partial charge in [-0.05, 0) is 50.7 Å². The summed E-state index contributed by atoms with van der Waals surface area (Å²) in [6, 6.07) is 3.60. The van der Waals surface area contributed by atoms with Gasteiger partial charge in [0.25, 0.3) is 5.91 Å². The number of carbonyl (C=O) groups excluding carboxylic acids is 1.